The highest BCUT2D eigenvalue weighted by Crippen LogP contribution is 1.99. The standard InChI is InChI=1S/C9H20N4O2/c1-10-12(3)8(14)6-5-7-9(15)13(4)11-2/h10-11H,5-7H2,1-4H3. The molecule has 2 amide bonds. The summed E-state index contributed by atoms with van der Waals surface area (Å²) in [5.74, 6) is -0.0326. The van der Waals surface area contributed by atoms with Crippen LogP contribution in [-0.2, 0) is 9.59 Å². The van der Waals surface area contributed by atoms with Gasteiger partial charge in [-0.2, -0.15) is 0 Å². The van der Waals surface area contributed by atoms with Gasteiger partial charge in [0.1, 0.15) is 0 Å². The monoisotopic (exact) mass is 216 g/mol. The average molecular weight is 216 g/mol. The summed E-state index contributed by atoms with van der Waals surface area (Å²) in [6.45, 7) is 0. The van der Waals surface area contributed by atoms with Gasteiger partial charge in [-0.25, -0.2) is 10.9 Å². The highest BCUT2D eigenvalue weighted by Gasteiger charge is 2.10. The SMILES string of the molecule is CNN(C)C(=O)CCCC(=O)N(C)NC. The number of amides is 2. The van der Waals surface area contributed by atoms with Gasteiger partial charge in [-0.05, 0) is 6.42 Å². The van der Waals surface area contributed by atoms with Crippen molar-refractivity contribution < 1.29 is 9.59 Å². The zero-order valence-electron chi connectivity index (χ0n) is 9.83. The van der Waals surface area contributed by atoms with E-state index in [1.165, 1.54) is 10.0 Å². The smallest absolute Gasteiger partial charge is 0.236 e. The maximum Gasteiger partial charge on any atom is 0.236 e. The molecule has 0 aliphatic heterocycles. The Balaban J connectivity index is 3.70. The first-order valence-corrected chi connectivity index (χ1v) is 4.90. The largest absolute Gasteiger partial charge is 0.281 e. The molecule has 0 saturated carbocycles. The van der Waals surface area contributed by atoms with Gasteiger partial charge in [0.05, 0.1) is 0 Å². The van der Waals surface area contributed by atoms with E-state index in [1.807, 2.05) is 0 Å². The van der Waals surface area contributed by atoms with Crippen LogP contribution >= 0.6 is 0 Å². The Hall–Kier alpha value is -1.14. The second-order valence-electron chi connectivity index (χ2n) is 3.21. The number of nitrogens with one attached hydrogen (secondary N) is 2. The lowest BCUT2D eigenvalue weighted by Crippen LogP contribution is -2.38. The van der Waals surface area contributed by atoms with Crippen LogP contribution in [0, 0.1) is 0 Å². The van der Waals surface area contributed by atoms with E-state index in [-0.39, 0.29) is 11.8 Å². The minimum Gasteiger partial charge on any atom is -0.281 e. The van der Waals surface area contributed by atoms with Gasteiger partial charge in [-0.1, -0.05) is 0 Å². The highest BCUT2D eigenvalue weighted by atomic mass is 16.2. The van der Waals surface area contributed by atoms with Gasteiger partial charge >= 0.3 is 0 Å². The van der Waals surface area contributed by atoms with Crippen molar-refractivity contribution in [3.63, 3.8) is 0 Å². The normalized spacial score (nSPS) is 9.87. The molecule has 0 aromatic rings. The second-order valence-corrected chi connectivity index (χ2v) is 3.21. The molecule has 0 saturated heterocycles. The Morgan fingerprint density at radius 2 is 1.27 bits per heavy atom. The number of hydrazine groups is 2. The van der Waals surface area contributed by atoms with Gasteiger partial charge < -0.3 is 0 Å². The van der Waals surface area contributed by atoms with Crippen LogP contribution in [0.2, 0.25) is 0 Å². The third kappa shape index (κ3) is 5.34. The zero-order valence-corrected chi connectivity index (χ0v) is 9.83. The van der Waals surface area contributed by atoms with Crippen LogP contribution in [0.3, 0.4) is 0 Å². The van der Waals surface area contributed by atoms with Gasteiger partial charge in [-0.15, -0.1) is 0 Å². The molecule has 0 rings (SSSR count). The van der Waals surface area contributed by atoms with Crippen molar-refractivity contribution in [3.8, 4) is 0 Å². The molecular formula is C9H20N4O2. The van der Waals surface area contributed by atoms with Crippen molar-refractivity contribution in [3.05, 3.63) is 0 Å². The molecule has 2 N–H and O–H groups in total. The summed E-state index contributed by atoms with van der Waals surface area (Å²) in [6, 6.07) is 0. The van der Waals surface area contributed by atoms with Gasteiger partial charge in [-0.3, -0.25) is 19.6 Å². The summed E-state index contributed by atoms with van der Waals surface area (Å²) in [5, 5.41) is 2.82. The second kappa shape index (κ2) is 7.19. The van der Waals surface area contributed by atoms with Gasteiger partial charge in [0.2, 0.25) is 11.8 Å². The van der Waals surface area contributed by atoms with Crippen molar-refractivity contribution in [2.75, 3.05) is 28.2 Å². The summed E-state index contributed by atoms with van der Waals surface area (Å²) in [4.78, 5) is 22.6. The fourth-order valence-electron chi connectivity index (χ4n) is 0.976. The summed E-state index contributed by atoms with van der Waals surface area (Å²) < 4.78 is 0. The first-order chi connectivity index (χ1) is 7.02. The molecule has 0 bridgehead atoms. The number of nitrogens with zero attached hydrogens (tertiary/aromatic N) is 2. The molecule has 0 spiro atoms. The Morgan fingerprint density at radius 1 is 0.933 bits per heavy atom. The summed E-state index contributed by atoms with van der Waals surface area (Å²) >= 11 is 0. The predicted molar refractivity (Wildman–Crippen MR) is 57.5 cm³/mol. The molecular weight excluding hydrogens is 196 g/mol. The van der Waals surface area contributed by atoms with E-state index >= 15 is 0 Å². The average Bonchev–Trinajstić information content (AvgIpc) is 2.26. The molecule has 0 heterocycles. The van der Waals surface area contributed by atoms with Gasteiger partial charge in [0.25, 0.3) is 0 Å². The maximum atomic E-state index is 11.3. The van der Waals surface area contributed by atoms with Crippen LogP contribution in [0.15, 0.2) is 0 Å². The summed E-state index contributed by atoms with van der Waals surface area (Å²) in [5.41, 5.74) is 5.43. The lowest BCUT2D eigenvalue weighted by Gasteiger charge is -2.16. The lowest BCUT2D eigenvalue weighted by atomic mass is 10.2. The van der Waals surface area contributed by atoms with E-state index in [0.717, 1.165) is 0 Å². The molecule has 88 valence electrons. The number of hydrogen-bond donors (Lipinski definition) is 2. The van der Waals surface area contributed by atoms with Crippen LogP contribution in [0.25, 0.3) is 0 Å². The first-order valence-electron chi connectivity index (χ1n) is 4.90. The zero-order chi connectivity index (χ0) is 11.8. The topological polar surface area (TPSA) is 64.7 Å². The van der Waals surface area contributed by atoms with Crippen molar-refractivity contribution in [2.45, 2.75) is 19.3 Å². The molecule has 0 aromatic heterocycles. The molecule has 0 unspecified atom stereocenters. The summed E-state index contributed by atoms with van der Waals surface area (Å²) in [6.07, 6.45) is 1.32. The minimum atomic E-state index is -0.0163. The van der Waals surface area contributed by atoms with Crippen molar-refractivity contribution in [1.82, 2.24) is 20.9 Å². The van der Waals surface area contributed by atoms with E-state index in [4.69, 9.17) is 0 Å². The number of carbonyl (C=O) groups excluding carboxylic acids is 2. The Labute approximate surface area is 90.5 Å². The van der Waals surface area contributed by atoms with Crippen LogP contribution < -0.4 is 10.9 Å². The lowest BCUT2D eigenvalue weighted by molar-refractivity contribution is -0.134. The molecule has 0 radical (unpaired) electrons. The Morgan fingerprint density at radius 3 is 1.53 bits per heavy atom. The fourth-order valence-corrected chi connectivity index (χ4v) is 0.976. The molecule has 15 heavy (non-hydrogen) atoms. The number of carbonyl (C=O) groups is 2. The minimum absolute atomic E-state index is 0.0163. The number of rotatable bonds is 6. The van der Waals surface area contributed by atoms with Crippen LogP contribution in [0.4, 0.5) is 0 Å². The third-order valence-electron chi connectivity index (χ3n) is 2.20. The Bertz CT molecular complexity index is 198. The Kier molecular flexibility index (Phi) is 6.64. The van der Waals surface area contributed by atoms with Crippen LogP contribution in [-0.4, -0.2) is 50.0 Å². The van der Waals surface area contributed by atoms with Gasteiger partial charge in [0.15, 0.2) is 0 Å². The molecule has 0 aliphatic rings. The molecule has 0 aliphatic carbocycles. The maximum absolute atomic E-state index is 11.3. The summed E-state index contributed by atoms with van der Waals surface area (Å²) in [7, 11) is 6.67. The first kappa shape index (κ1) is 13.9. The van der Waals surface area contributed by atoms with Crippen molar-refractivity contribution in [1.29, 1.82) is 0 Å². The molecule has 0 atom stereocenters. The van der Waals surface area contributed by atoms with E-state index in [1.54, 1.807) is 28.2 Å². The van der Waals surface area contributed by atoms with E-state index < -0.39 is 0 Å². The van der Waals surface area contributed by atoms with E-state index in [9.17, 15) is 9.59 Å². The quantitative estimate of drug-likeness (QED) is 0.579. The molecule has 6 heteroatoms. The molecule has 6 nitrogen and oxygen atoms in total. The van der Waals surface area contributed by atoms with Crippen molar-refractivity contribution >= 4 is 11.8 Å². The number of hydrogen-bond acceptors (Lipinski definition) is 4. The molecule has 0 aromatic carbocycles. The highest BCUT2D eigenvalue weighted by molar-refractivity contribution is 5.78. The predicted octanol–water partition coefficient (Wildman–Crippen LogP) is -0.658. The van der Waals surface area contributed by atoms with Crippen molar-refractivity contribution in [2.24, 2.45) is 0 Å². The third-order valence-corrected chi connectivity index (χ3v) is 2.20. The van der Waals surface area contributed by atoms with E-state index in [0.29, 0.717) is 19.3 Å². The van der Waals surface area contributed by atoms with Crippen LogP contribution in [0.1, 0.15) is 19.3 Å². The molecule has 0 fully saturated rings. The van der Waals surface area contributed by atoms with Gasteiger partial charge in [0, 0.05) is 41.0 Å². The van der Waals surface area contributed by atoms with E-state index in [2.05, 4.69) is 10.9 Å². The fraction of sp³-hybridized carbons (Fsp3) is 0.778. The van der Waals surface area contributed by atoms with Crippen LogP contribution in [0.5, 0.6) is 0 Å².